The van der Waals surface area contributed by atoms with Crippen molar-refractivity contribution in [2.24, 2.45) is 5.41 Å². The van der Waals surface area contributed by atoms with E-state index in [1.54, 1.807) is 51.1 Å². The first-order chi connectivity index (χ1) is 17.5. The number of benzene rings is 2. The van der Waals surface area contributed by atoms with Gasteiger partial charge in [-0.2, -0.15) is 21.6 Å². The summed E-state index contributed by atoms with van der Waals surface area (Å²) in [5, 5.41) is 13.1. The lowest BCUT2D eigenvalue weighted by atomic mass is 9.75. The summed E-state index contributed by atoms with van der Waals surface area (Å²) in [7, 11) is -5.92. The van der Waals surface area contributed by atoms with Crippen LogP contribution in [0.2, 0.25) is 0 Å². The van der Waals surface area contributed by atoms with Crippen LogP contribution in [0.1, 0.15) is 38.3 Å². The van der Waals surface area contributed by atoms with Gasteiger partial charge in [-0.25, -0.2) is 14.6 Å². The predicted octanol–water partition coefficient (Wildman–Crippen LogP) is 5.11. The van der Waals surface area contributed by atoms with Crippen molar-refractivity contribution in [3.63, 3.8) is 0 Å². The fraction of sp³-hybridized carbons (Fsp3) is 0.320. The molecule has 3 aromatic rings. The number of alkyl carbamates (subject to hydrolysis) is 1. The highest BCUT2D eigenvalue weighted by molar-refractivity contribution is 7.87. The molecule has 0 aliphatic carbocycles. The second kappa shape index (κ2) is 10.5. The van der Waals surface area contributed by atoms with Gasteiger partial charge in [0.25, 0.3) is 0 Å². The van der Waals surface area contributed by atoms with Gasteiger partial charge in [0.1, 0.15) is 6.61 Å². The summed E-state index contributed by atoms with van der Waals surface area (Å²) in [6.07, 6.45) is -1.03. The fourth-order valence-corrected chi connectivity index (χ4v) is 4.19. The lowest BCUT2D eigenvalue weighted by molar-refractivity contribution is -0.146. The molecule has 0 saturated carbocycles. The van der Waals surface area contributed by atoms with E-state index in [1.165, 1.54) is 24.3 Å². The molecule has 3 rings (SSSR count). The predicted molar refractivity (Wildman–Crippen MR) is 130 cm³/mol. The molecule has 0 saturated heterocycles. The van der Waals surface area contributed by atoms with E-state index in [1.807, 2.05) is 0 Å². The van der Waals surface area contributed by atoms with E-state index in [4.69, 9.17) is 4.74 Å². The number of nitrogens with zero attached hydrogens (tertiary/aromatic N) is 1. The lowest BCUT2D eigenvalue weighted by Crippen LogP contribution is -2.54. The molecule has 1 unspecified atom stereocenters. The normalized spacial score (nSPS) is 13.9. The van der Waals surface area contributed by atoms with E-state index < -0.39 is 44.5 Å². The molecule has 38 heavy (non-hydrogen) atoms. The SMILES string of the molecule is CC(C)(C)CC(NC(=O)OCc1ccccc1)(C(=O)O)c1ccc2nc(OS(=O)(=O)C(F)(F)F)ccc2c1. The molecule has 0 radical (unpaired) electrons. The number of alkyl halides is 3. The average Bonchev–Trinajstić information content (AvgIpc) is 2.80. The molecule has 13 heteroatoms. The van der Waals surface area contributed by atoms with Crippen molar-refractivity contribution in [3.8, 4) is 5.88 Å². The monoisotopic (exact) mass is 554 g/mol. The van der Waals surface area contributed by atoms with Gasteiger partial charge in [0, 0.05) is 11.5 Å². The van der Waals surface area contributed by atoms with Crippen LogP contribution in [-0.4, -0.2) is 36.1 Å². The quantitative estimate of drug-likeness (QED) is 0.290. The first-order valence-corrected chi connectivity index (χ1v) is 12.6. The maximum absolute atomic E-state index is 12.7. The van der Waals surface area contributed by atoms with Crippen LogP contribution >= 0.6 is 0 Å². The Morgan fingerprint density at radius 2 is 1.66 bits per heavy atom. The maximum Gasteiger partial charge on any atom is 0.534 e. The highest BCUT2D eigenvalue weighted by Gasteiger charge is 2.49. The third-order valence-corrected chi connectivity index (χ3v) is 6.28. The molecule has 0 aliphatic heterocycles. The molecular weight excluding hydrogens is 529 g/mol. The number of carboxylic acids is 1. The zero-order chi connectivity index (χ0) is 28.4. The van der Waals surface area contributed by atoms with E-state index >= 15 is 0 Å². The Kier molecular flexibility index (Phi) is 7.91. The van der Waals surface area contributed by atoms with E-state index in [0.717, 1.165) is 6.07 Å². The molecule has 1 amide bonds. The summed E-state index contributed by atoms with van der Waals surface area (Å²) in [6, 6.07) is 14.9. The number of nitrogens with one attached hydrogen (secondary N) is 1. The Morgan fingerprint density at radius 3 is 2.24 bits per heavy atom. The van der Waals surface area contributed by atoms with Gasteiger partial charge in [0.05, 0.1) is 5.52 Å². The summed E-state index contributed by atoms with van der Waals surface area (Å²) in [5.74, 6) is -2.18. The van der Waals surface area contributed by atoms with Gasteiger partial charge in [-0.05, 0) is 41.2 Å². The maximum atomic E-state index is 12.7. The zero-order valence-corrected chi connectivity index (χ0v) is 21.4. The van der Waals surface area contributed by atoms with Crippen molar-refractivity contribution in [1.29, 1.82) is 0 Å². The minimum Gasteiger partial charge on any atom is -0.479 e. The zero-order valence-electron chi connectivity index (χ0n) is 20.6. The van der Waals surface area contributed by atoms with Gasteiger partial charge in [0.2, 0.25) is 5.88 Å². The van der Waals surface area contributed by atoms with Gasteiger partial charge in [-0.3, -0.25) is 0 Å². The smallest absolute Gasteiger partial charge is 0.479 e. The molecule has 0 bridgehead atoms. The number of aromatic nitrogens is 1. The van der Waals surface area contributed by atoms with Crippen molar-refractivity contribution in [1.82, 2.24) is 10.3 Å². The molecule has 0 aliphatic rings. The number of ether oxygens (including phenoxy) is 1. The van der Waals surface area contributed by atoms with Gasteiger partial charge in [-0.1, -0.05) is 57.2 Å². The van der Waals surface area contributed by atoms with Crippen LogP contribution in [-0.2, 0) is 31.8 Å². The van der Waals surface area contributed by atoms with E-state index in [2.05, 4.69) is 14.5 Å². The number of carbonyl (C=O) groups excluding carboxylic acids is 1. The minimum atomic E-state index is -5.92. The first-order valence-electron chi connectivity index (χ1n) is 11.2. The number of fused-ring (bicyclic) bond motifs is 1. The van der Waals surface area contributed by atoms with Crippen LogP contribution in [0.4, 0.5) is 18.0 Å². The molecule has 2 aromatic carbocycles. The van der Waals surface area contributed by atoms with Gasteiger partial charge < -0.3 is 19.3 Å². The topological polar surface area (TPSA) is 132 Å². The van der Waals surface area contributed by atoms with Crippen LogP contribution in [0, 0.1) is 5.41 Å². The van der Waals surface area contributed by atoms with Crippen LogP contribution in [0.5, 0.6) is 5.88 Å². The Labute approximate surface area is 216 Å². The second-order valence-electron chi connectivity index (χ2n) is 9.67. The Hall–Kier alpha value is -3.87. The van der Waals surface area contributed by atoms with Crippen molar-refractivity contribution < 1.29 is 45.2 Å². The highest BCUT2D eigenvalue weighted by Crippen LogP contribution is 2.37. The van der Waals surface area contributed by atoms with Crippen molar-refractivity contribution >= 4 is 33.1 Å². The first kappa shape index (κ1) is 28.7. The molecule has 9 nitrogen and oxygen atoms in total. The van der Waals surface area contributed by atoms with Crippen LogP contribution in [0.15, 0.2) is 60.7 Å². The molecule has 204 valence electrons. The molecule has 0 fully saturated rings. The van der Waals surface area contributed by atoms with E-state index in [9.17, 15) is 36.3 Å². The number of halogens is 3. The van der Waals surface area contributed by atoms with Gasteiger partial charge >= 0.3 is 27.7 Å². The number of carbonyl (C=O) groups is 2. The summed E-state index contributed by atoms with van der Waals surface area (Å²) < 4.78 is 69.8. The Bertz CT molecular complexity index is 1440. The molecule has 1 atom stereocenters. The second-order valence-corrected chi connectivity index (χ2v) is 11.2. The number of aliphatic carboxylic acids is 1. The van der Waals surface area contributed by atoms with Gasteiger partial charge in [0.15, 0.2) is 5.54 Å². The number of hydrogen-bond donors (Lipinski definition) is 2. The summed E-state index contributed by atoms with van der Waals surface area (Å²) in [6.45, 7) is 5.27. The highest BCUT2D eigenvalue weighted by atomic mass is 32.2. The standard InChI is InChI=1S/C25H25F3N2O7S/c1-23(2,3)15-24(21(31)32,30-22(33)36-14-16-7-5-4-6-8-16)18-10-11-19-17(13-18)9-12-20(29-19)37-38(34,35)25(26,27)28/h4-13H,14-15H2,1-3H3,(H,30,33)(H,31,32). The van der Waals surface area contributed by atoms with Crippen LogP contribution in [0.25, 0.3) is 10.9 Å². The number of carboxylic acid groups (broad SMARTS) is 1. The number of rotatable bonds is 8. The molecular formula is C25H25F3N2O7S. The van der Waals surface area contributed by atoms with Crippen LogP contribution in [0.3, 0.4) is 0 Å². The minimum absolute atomic E-state index is 0.0327. The Balaban J connectivity index is 1.97. The van der Waals surface area contributed by atoms with Crippen molar-refractivity contribution in [2.45, 2.75) is 44.8 Å². The average molecular weight is 555 g/mol. The van der Waals surface area contributed by atoms with Gasteiger partial charge in [-0.15, -0.1) is 0 Å². The molecule has 1 aromatic heterocycles. The molecule has 1 heterocycles. The number of pyridine rings is 1. The number of hydrogen-bond acceptors (Lipinski definition) is 7. The van der Waals surface area contributed by atoms with Crippen molar-refractivity contribution in [2.75, 3.05) is 0 Å². The summed E-state index contributed by atoms with van der Waals surface area (Å²) >= 11 is 0. The van der Waals surface area contributed by atoms with Crippen LogP contribution < -0.4 is 9.50 Å². The molecule has 2 N–H and O–H groups in total. The largest absolute Gasteiger partial charge is 0.534 e. The number of amides is 1. The summed E-state index contributed by atoms with van der Waals surface area (Å²) in [4.78, 5) is 29.2. The van der Waals surface area contributed by atoms with E-state index in [0.29, 0.717) is 5.56 Å². The van der Waals surface area contributed by atoms with Crippen molar-refractivity contribution in [3.05, 3.63) is 71.8 Å². The molecule has 0 spiro atoms. The van der Waals surface area contributed by atoms with E-state index in [-0.39, 0.29) is 29.5 Å². The fourth-order valence-electron chi connectivity index (χ4n) is 3.78. The lowest BCUT2D eigenvalue weighted by Gasteiger charge is -2.36. The third-order valence-electron chi connectivity index (χ3n) is 5.32. The summed E-state index contributed by atoms with van der Waals surface area (Å²) in [5.41, 5.74) is -7.31. The third kappa shape index (κ3) is 6.71. The Morgan fingerprint density at radius 1 is 1.00 bits per heavy atom.